The maximum Gasteiger partial charge on any atom is 0.374 e. The van der Waals surface area contributed by atoms with E-state index in [0.29, 0.717) is 11.5 Å². The Morgan fingerprint density at radius 1 is 1.36 bits per heavy atom. The quantitative estimate of drug-likeness (QED) is 0.818. The van der Waals surface area contributed by atoms with E-state index in [4.69, 9.17) is 9.15 Å². The van der Waals surface area contributed by atoms with Crippen molar-refractivity contribution in [3.8, 4) is 0 Å². The van der Waals surface area contributed by atoms with Crippen molar-refractivity contribution in [3.63, 3.8) is 0 Å². The summed E-state index contributed by atoms with van der Waals surface area (Å²) in [4.78, 5) is 25.8. The molecule has 0 N–H and O–H groups in total. The van der Waals surface area contributed by atoms with E-state index in [9.17, 15) is 9.59 Å². The van der Waals surface area contributed by atoms with Crippen LogP contribution in [0.2, 0.25) is 0 Å². The normalized spacial score (nSPS) is 18.4. The zero-order chi connectivity index (χ0) is 15.5. The molecule has 5 heteroatoms. The number of amides is 1. The van der Waals surface area contributed by atoms with Gasteiger partial charge in [-0.3, -0.25) is 4.79 Å². The fraction of sp³-hybridized carbons (Fsp3) is 0.412. The van der Waals surface area contributed by atoms with Gasteiger partial charge in [-0.15, -0.1) is 0 Å². The summed E-state index contributed by atoms with van der Waals surface area (Å²) in [6.07, 6.45) is 2.15. The van der Waals surface area contributed by atoms with Crippen LogP contribution in [0.1, 0.15) is 30.3 Å². The summed E-state index contributed by atoms with van der Waals surface area (Å²) >= 11 is 0. The van der Waals surface area contributed by atoms with Gasteiger partial charge in [0.15, 0.2) is 6.61 Å². The maximum atomic E-state index is 12.1. The first-order valence-electron chi connectivity index (χ1n) is 7.57. The van der Waals surface area contributed by atoms with Crippen LogP contribution >= 0.6 is 0 Å². The minimum atomic E-state index is -0.602. The molecule has 1 fully saturated rings. The van der Waals surface area contributed by atoms with E-state index in [1.54, 1.807) is 17.0 Å². The fourth-order valence-corrected chi connectivity index (χ4v) is 2.79. The highest BCUT2D eigenvalue weighted by Gasteiger charge is 2.22. The summed E-state index contributed by atoms with van der Waals surface area (Å²) in [6, 6.07) is 8.98. The van der Waals surface area contributed by atoms with E-state index in [2.05, 4.69) is 6.92 Å². The molecule has 1 saturated heterocycles. The number of benzene rings is 1. The molecule has 0 saturated carbocycles. The molecule has 5 nitrogen and oxygen atoms in total. The highest BCUT2D eigenvalue weighted by Crippen LogP contribution is 2.19. The number of piperidine rings is 1. The lowest BCUT2D eigenvalue weighted by Gasteiger charge is -2.30. The van der Waals surface area contributed by atoms with Crippen LogP contribution in [-0.2, 0) is 9.53 Å². The van der Waals surface area contributed by atoms with Crippen molar-refractivity contribution in [2.45, 2.75) is 19.8 Å². The van der Waals surface area contributed by atoms with E-state index in [0.717, 1.165) is 31.3 Å². The van der Waals surface area contributed by atoms with E-state index >= 15 is 0 Å². The van der Waals surface area contributed by atoms with E-state index in [1.807, 2.05) is 18.2 Å². The van der Waals surface area contributed by atoms with Gasteiger partial charge in [-0.05, 0) is 30.9 Å². The SMILES string of the molecule is C[C@H]1CCCN(C(=O)COC(=O)c2cc3ccccc3o2)C1. The molecule has 1 aromatic carbocycles. The summed E-state index contributed by atoms with van der Waals surface area (Å²) in [5.74, 6) is -0.115. The zero-order valence-corrected chi connectivity index (χ0v) is 12.6. The Kier molecular flexibility index (Phi) is 4.13. The van der Waals surface area contributed by atoms with Crippen molar-refractivity contribution >= 4 is 22.8 Å². The van der Waals surface area contributed by atoms with Crippen LogP contribution in [-0.4, -0.2) is 36.5 Å². The third kappa shape index (κ3) is 3.13. The number of likely N-dealkylation sites (tertiary alicyclic amines) is 1. The predicted molar refractivity (Wildman–Crippen MR) is 81.5 cm³/mol. The number of rotatable bonds is 3. The molecule has 1 aliphatic heterocycles. The molecule has 116 valence electrons. The van der Waals surface area contributed by atoms with Crippen molar-refractivity contribution in [2.24, 2.45) is 5.92 Å². The molecule has 2 aromatic rings. The number of carbonyl (C=O) groups is 2. The number of carbonyl (C=O) groups excluding carboxylic acids is 2. The number of hydrogen-bond acceptors (Lipinski definition) is 4. The van der Waals surface area contributed by atoms with Gasteiger partial charge >= 0.3 is 5.97 Å². The molecule has 0 bridgehead atoms. The predicted octanol–water partition coefficient (Wildman–Crippen LogP) is 2.85. The average Bonchev–Trinajstić information content (AvgIpc) is 2.96. The Bertz CT molecular complexity index is 658. The molecule has 1 aromatic heterocycles. The van der Waals surface area contributed by atoms with Crippen LogP contribution in [0.5, 0.6) is 0 Å². The Morgan fingerprint density at radius 3 is 2.95 bits per heavy atom. The molecule has 0 unspecified atom stereocenters. The fourth-order valence-electron chi connectivity index (χ4n) is 2.79. The van der Waals surface area contributed by atoms with Crippen LogP contribution in [0.15, 0.2) is 34.7 Å². The largest absolute Gasteiger partial charge is 0.450 e. The molecule has 3 rings (SSSR count). The first-order valence-corrected chi connectivity index (χ1v) is 7.57. The Morgan fingerprint density at radius 2 is 2.18 bits per heavy atom. The second-order valence-electron chi connectivity index (χ2n) is 5.81. The molecular formula is C17H19NO4. The van der Waals surface area contributed by atoms with Gasteiger partial charge in [0.05, 0.1) is 0 Å². The number of hydrogen-bond donors (Lipinski definition) is 0. The van der Waals surface area contributed by atoms with E-state index in [-0.39, 0.29) is 18.3 Å². The molecule has 1 atom stereocenters. The van der Waals surface area contributed by atoms with Crippen LogP contribution in [0.25, 0.3) is 11.0 Å². The third-order valence-corrected chi connectivity index (χ3v) is 3.96. The molecule has 1 amide bonds. The number of fused-ring (bicyclic) bond motifs is 1. The van der Waals surface area contributed by atoms with Crippen molar-refractivity contribution < 1.29 is 18.7 Å². The Labute approximate surface area is 128 Å². The zero-order valence-electron chi connectivity index (χ0n) is 12.6. The highest BCUT2D eigenvalue weighted by atomic mass is 16.5. The topological polar surface area (TPSA) is 59.8 Å². The minimum absolute atomic E-state index is 0.126. The van der Waals surface area contributed by atoms with Gasteiger partial charge in [-0.1, -0.05) is 25.1 Å². The smallest absolute Gasteiger partial charge is 0.374 e. The minimum Gasteiger partial charge on any atom is -0.450 e. The number of ether oxygens (including phenoxy) is 1. The van der Waals surface area contributed by atoms with Gasteiger partial charge in [-0.2, -0.15) is 0 Å². The second-order valence-corrected chi connectivity index (χ2v) is 5.81. The number of furan rings is 1. The molecule has 0 aliphatic carbocycles. The van der Waals surface area contributed by atoms with E-state index < -0.39 is 5.97 Å². The molecule has 2 heterocycles. The summed E-state index contributed by atoms with van der Waals surface area (Å²) < 4.78 is 10.5. The maximum absolute atomic E-state index is 12.1. The summed E-state index contributed by atoms with van der Waals surface area (Å²) in [6.45, 7) is 3.37. The van der Waals surface area contributed by atoms with Crippen LogP contribution < -0.4 is 0 Å². The lowest BCUT2D eigenvalue weighted by atomic mass is 10.0. The number of esters is 1. The third-order valence-electron chi connectivity index (χ3n) is 3.96. The van der Waals surface area contributed by atoms with Crippen molar-refractivity contribution in [3.05, 3.63) is 36.1 Å². The summed E-state index contributed by atoms with van der Waals surface area (Å²) in [5, 5.41) is 0.839. The summed E-state index contributed by atoms with van der Waals surface area (Å²) in [7, 11) is 0. The Hall–Kier alpha value is -2.30. The van der Waals surface area contributed by atoms with Gasteiger partial charge in [-0.25, -0.2) is 4.79 Å². The van der Waals surface area contributed by atoms with Crippen LogP contribution in [0, 0.1) is 5.92 Å². The first kappa shape index (κ1) is 14.6. The van der Waals surface area contributed by atoms with Crippen LogP contribution in [0.3, 0.4) is 0 Å². The lowest BCUT2D eigenvalue weighted by Crippen LogP contribution is -2.41. The lowest BCUT2D eigenvalue weighted by molar-refractivity contribution is -0.136. The Balaban J connectivity index is 1.58. The first-order chi connectivity index (χ1) is 10.6. The van der Waals surface area contributed by atoms with Crippen molar-refractivity contribution in [1.29, 1.82) is 0 Å². The number of para-hydroxylation sites is 1. The van der Waals surface area contributed by atoms with E-state index in [1.165, 1.54) is 0 Å². The van der Waals surface area contributed by atoms with Crippen molar-refractivity contribution in [1.82, 2.24) is 4.90 Å². The molecule has 1 aliphatic rings. The molecular weight excluding hydrogens is 282 g/mol. The van der Waals surface area contributed by atoms with Gasteiger partial charge < -0.3 is 14.1 Å². The average molecular weight is 301 g/mol. The second kappa shape index (κ2) is 6.22. The van der Waals surface area contributed by atoms with Gasteiger partial charge in [0, 0.05) is 18.5 Å². The molecule has 0 spiro atoms. The summed E-state index contributed by atoms with van der Waals surface area (Å²) in [5.41, 5.74) is 0.630. The number of nitrogens with zero attached hydrogens (tertiary/aromatic N) is 1. The molecule has 22 heavy (non-hydrogen) atoms. The molecule has 0 radical (unpaired) electrons. The standard InChI is InChI=1S/C17H19NO4/c1-12-5-4-8-18(10-12)16(19)11-21-17(20)15-9-13-6-2-3-7-14(13)22-15/h2-3,6-7,9,12H,4-5,8,10-11H2,1H3/t12-/m0/s1. The highest BCUT2D eigenvalue weighted by molar-refractivity contribution is 5.93. The monoisotopic (exact) mass is 301 g/mol. The van der Waals surface area contributed by atoms with Crippen LogP contribution in [0.4, 0.5) is 0 Å². The van der Waals surface area contributed by atoms with Gasteiger partial charge in [0.2, 0.25) is 5.76 Å². The van der Waals surface area contributed by atoms with Gasteiger partial charge in [0.25, 0.3) is 5.91 Å². The van der Waals surface area contributed by atoms with Gasteiger partial charge in [0.1, 0.15) is 5.58 Å². The van der Waals surface area contributed by atoms with Crippen molar-refractivity contribution in [2.75, 3.05) is 19.7 Å².